The Morgan fingerprint density at radius 2 is 1.55 bits per heavy atom. The summed E-state index contributed by atoms with van der Waals surface area (Å²) >= 11 is 0. The van der Waals surface area contributed by atoms with Crippen LogP contribution in [0.2, 0.25) is 0 Å². The minimum absolute atomic E-state index is 0.245. The molecular weight excluding hydrogens is 378 g/mol. The van der Waals surface area contributed by atoms with Crippen LogP contribution in [0.25, 0.3) is 11.6 Å². The van der Waals surface area contributed by atoms with Crippen molar-refractivity contribution in [2.45, 2.75) is 71.1 Å². The number of benzene rings is 2. The third-order valence-electron chi connectivity index (χ3n) is 7.45. The molecule has 0 atom stereocenters. The van der Waals surface area contributed by atoms with E-state index >= 15 is 0 Å². The minimum atomic E-state index is 0.245. The highest BCUT2D eigenvalue weighted by Crippen LogP contribution is 2.46. The number of hydrogen-bond acceptors (Lipinski definition) is 2. The highest BCUT2D eigenvalue weighted by atomic mass is 16.5. The van der Waals surface area contributed by atoms with Crippen molar-refractivity contribution in [2.75, 3.05) is 26.2 Å². The van der Waals surface area contributed by atoms with Crippen molar-refractivity contribution in [3.63, 3.8) is 0 Å². The first-order valence-electron chi connectivity index (χ1n) is 12.0. The van der Waals surface area contributed by atoms with Gasteiger partial charge in [-0.2, -0.15) is 0 Å². The Morgan fingerprint density at radius 3 is 2.23 bits per heavy atom. The van der Waals surface area contributed by atoms with E-state index in [1.165, 1.54) is 66.6 Å². The molecule has 0 amide bonds. The predicted molar refractivity (Wildman–Crippen MR) is 133 cm³/mol. The van der Waals surface area contributed by atoms with E-state index in [1.54, 1.807) is 0 Å². The Hall–Kier alpha value is -2.06. The van der Waals surface area contributed by atoms with E-state index in [9.17, 15) is 0 Å². The fraction of sp³-hybridized carbons (Fsp3) is 0.517. The summed E-state index contributed by atoms with van der Waals surface area (Å²) in [7, 11) is 0. The maximum atomic E-state index is 5.95. The number of rotatable bonds is 6. The van der Waals surface area contributed by atoms with Crippen LogP contribution in [0.5, 0.6) is 5.75 Å². The van der Waals surface area contributed by atoms with E-state index in [-0.39, 0.29) is 10.8 Å². The van der Waals surface area contributed by atoms with Gasteiger partial charge in [0.15, 0.2) is 0 Å². The smallest absolute Gasteiger partial charge is 0.119 e. The van der Waals surface area contributed by atoms with Gasteiger partial charge in [-0.3, -0.25) is 4.90 Å². The van der Waals surface area contributed by atoms with Crippen molar-refractivity contribution < 1.29 is 4.74 Å². The molecule has 2 aliphatic rings. The Kier molecular flexibility index (Phi) is 6.30. The summed E-state index contributed by atoms with van der Waals surface area (Å²) < 4.78 is 5.95. The average Bonchev–Trinajstić information content (AvgIpc) is 3.26. The van der Waals surface area contributed by atoms with Crippen LogP contribution in [-0.4, -0.2) is 31.1 Å². The van der Waals surface area contributed by atoms with Gasteiger partial charge in [0, 0.05) is 6.54 Å². The SMILES string of the molecule is CC(=Cc1ccc(OCCN2CCCC2)cc1)c1ccc2c(c1)C(C)(C)CCC2(C)C. The van der Waals surface area contributed by atoms with Crippen LogP contribution < -0.4 is 4.74 Å². The van der Waals surface area contributed by atoms with Gasteiger partial charge in [0.25, 0.3) is 0 Å². The lowest BCUT2D eigenvalue weighted by Crippen LogP contribution is -2.33. The summed E-state index contributed by atoms with van der Waals surface area (Å²) in [5.41, 5.74) is 7.43. The molecule has 1 aliphatic carbocycles. The second-order valence-corrected chi connectivity index (χ2v) is 10.8. The van der Waals surface area contributed by atoms with Crippen LogP contribution in [0.3, 0.4) is 0 Å². The van der Waals surface area contributed by atoms with Gasteiger partial charge in [-0.1, -0.05) is 64.1 Å². The third-order valence-corrected chi connectivity index (χ3v) is 7.45. The van der Waals surface area contributed by atoms with Crippen LogP contribution in [0, 0.1) is 0 Å². The predicted octanol–water partition coefficient (Wildman–Crippen LogP) is 7.07. The molecule has 2 nitrogen and oxygen atoms in total. The Morgan fingerprint density at radius 1 is 0.903 bits per heavy atom. The lowest BCUT2D eigenvalue weighted by Gasteiger charge is -2.42. The van der Waals surface area contributed by atoms with Crippen molar-refractivity contribution in [3.05, 3.63) is 64.7 Å². The molecule has 31 heavy (non-hydrogen) atoms. The van der Waals surface area contributed by atoms with Crippen LogP contribution in [0.1, 0.15) is 82.6 Å². The van der Waals surface area contributed by atoms with E-state index in [2.05, 4.69) is 88.1 Å². The van der Waals surface area contributed by atoms with Crippen LogP contribution >= 0.6 is 0 Å². The van der Waals surface area contributed by atoms with Crippen molar-refractivity contribution >= 4 is 11.6 Å². The molecule has 0 radical (unpaired) electrons. The summed E-state index contributed by atoms with van der Waals surface area (Å²) in [6.07, 6.45) is 7.46. The van der Waals surface area contributed by atoms with Gasteiger partial charge in [-0.05, 0) is 96.5 Å². The monoisotopic (exact) mass is 417 g/mol. The van der Waals surface area contributed by atoms with E-state index < -0.39 is 0 Å². The molecule has 2 heteroatoms. The topological polar surface area (TPSA) is 12.5 Å². The molecule has 4 rings (SSSR count). The van der Waals surface area contributed by atoms with Gasteiger partial charge < -0.3 is 4.74 Å². The van der Waals surface area contributed by atoms with Gasteiger partial charge in [-0.15, -0.1) is 0 Å². The summed E-state index contributed by atoms with van der Waals surface area (Å²) in [5.74, 6) is 0.965. The lowest BCUT2D eigenvalue weighted by atomic mass is 9.63. The maximum absolute atomic E-state index is 5.95. The normalized spacial score (nSPS) is 20.5. The molecule has 1 aliphatic heterocycles. The second kappa shape index (κ2) is 8.82. The summed E-state index contributed by atoms with van der Waals surface area (Å²) in [4.78, 5) is 2.49. The molecule has 0 bridgehead atoms. The highest BCUT2D eigenvalue weighted by Gasteiger charge is 2.36. The van der Waals surface area contributed by atoms with Crippen LogP contribution in [-0.2, 0) is 10.8 Å². The summed E-state index contributed by atoms with van der Waals surface area (Å²) in [5, 5.41) is 0. The molecule has 2 aromatic carbocycles. The molecule has 166 valence electrons. The molecule has 0 saturated carbocycles. The van der Waals surface area contributed by atoms with Gasteiger partial charge in [0.1, 0.15) is 12.4 Å². The van der Waals surface area contributed by atoms with Crippen molar-refractivity contribution in [1.29, 1.82) is 0 Å². The zero-order valence-corrected chi connectivity index (χ0v) is 20.1. The molecule has 0 unspecified atom stereocenters. The standard InChI is InChI=1S/C29H39NO/c1-22(24-10-13-26-27(21-24)29(4,5)15-14-28(26,2)3)20-23-8-11-25(12-9-23)31-19-18-30-16-6-7-17-30/h8-13,20-21H,6-7,14-19H2,1-5H3. The highest BCUT2D eigenvalue weighted by molar-refractivity contribution is 5.80. The van der Waals surface area contributed by atoms with Gasteiger partial charge in [0.2, 0.25) is 0 Å². The molecule has 0 N–H and O–H groups in total. The molecule has 0 aromatic heterocycles. The van der Waals surface area contributed by atoms with Gasteiger partial charge in [0.05, 0.1) is 0 Å². The first-order valence-corrected chi connectivity index (χ1v) is 12.0. The molecular formula is C29H39NO. The zero-order chi connectivity index (χ0) is 22.1. The van der Waals surface area contributed by atoms with E-state index in [4.69, 9.17) is 4.74 Å². The van der Waals surface area contributed by atoms with Gasteiger partial charge >= 0.3 is 0 Å². The van der Waals surface area contributed by atoms with Crippen LogP contribution in [0.15, 0.2) is 42.5 Å². The number of allylic oxidation sites excluding steroid dienone is 1. The fourth-order valence-corrected chi connectivity index (χ4v) is 5.13. The third kappa shape index (κ3) is 5.06. The molecule has 1 heterocycles. The lowest BCUT2D eigenvalue weighted by molar-refractivity contribution is 0.238. The average molecular weight is 418 g/mol. The number of hydrogen-bond donors (Lipinski definition) is 0. The number of fused-ring (bicyclic) bond motifs is 1. The van der Waals surface area contributed by atoms with E-state index in [0.29, 0.717) is 0 Å². The number of ether oxygens (including phenoxy) is 1. The van der Waals surface area contributed by atoms with Crippen molar-refractivity contribution in [3.8, 4) is 5.75 Å². The Bertz CT molecular complexity index is 930. The van der Waals surface area contributed by atoms with E-state index in [0.717, 1.165) is 18.9 Å². The number of nitrogens with zero attached hydrogens (tertiary/aromatic N) is 1. The fourth-order valence-electron chi connectivity index (χ4n) is 5.13. The van der Waals surface area contributed by atoms with Crippen molar-refractivity contribution in [1.82, 2.24) is 4.90 Å². The maximum Gasteiger partial charge on any atom is 0.119 e. The molecule has 2 aromatic rings. The Labute approximate surface area is 189 Å². The first-order chi connectivity index (χ1) is 14.7. The minimum Gasteiger partial charge on any atom is -0.492 e. The number of likely N-dealkylation sites (tertiary alicyclic amines) is 1. The first kappa shape index (κ1) is 22.1. The van der Waals surface area contributed by atoms with Crippen molar-refractivity contribution in [2.24, 2.45) is 0 Å². The largest absolute Gasteiger partial charge is 0.492 e. The Balaban J connectivity index is 1.45. The molecule has 0 spiro atoms. The van der Waals surface area contributed by atoms with E-state index in [1.807, 2.05) is 0 Å². The zero-order valence-electron chi connectivity index (χ0n) is 20.1. The second-order valence-electron chi connectivity index (χ2n) is 10.8. The summed E-state index contributed by atoms with van der Waals surface area (Å²) in [6.45, 7) is 16.0. The quantitative estimate of drug-likeness (QED) is 0.466. The molecule has 1 fully saturated rings. The molecule has 1 saturated heterocycles. The van der Waals surface area contributed by atoms with Crippen LogP contribution in [0.4, 0.5) is 0 Å². The van der Waals surface area contributed by atoms with Gasteiger partial charge in [-0.25, -0.2) is 0 Å². The summed E-state index contributed by atoms with van der Waals surface area (Å²) in [6, 6.07) is 15.7.